The summed E-state index contributed by atoms with van der Waals surface area (Å²) in [6.07, 6.45) is 1.75. The summed E-state index contributed by atoms with van der Waals surface area (Å²) in [5.41, 5.74) is 4.81. The first-order valence-electron chi connectivity index (χ1n) is 9.28. The minimum atomic E-state index is -0.124. The molecule has 1 saturated heterocycles. The Labute approximate surface area is 156 Å². The Kier molecular flexibility index (Phi) is 5.89. The zero-order valence-electron chi connectivity index (χ0n) is 15.9. The molecule has 0 radical (unpaired) electrons. The molecule has 1 unspecified atom stereocenters. The Morgan fingerprint density at radius 2 is 1.88 bits per heavy atom. The number of carbonyl (C=O) groups excluding carboxylic acids is 1. The van der Waals surface area contributed by atoms with E-state index >= 15 is 0 Å². The molecule has 1 atom stereocenters. The average molecular weight is 352 g/mol. The molecule has 2 heterocycles. The second-order valence-electron chi connectivity index (χ2n) is 7.01. The summed E-state index contributed by atoms with van der Waals surface area (Å²) in [4.78, 5) is 21.4. The summed E-state index contributed by atoms with van der Waals surface area (Å²) < 4.78 is 0. The summed E-state index contributed by atoms with van der Waals surface area (Å²) in [5, 5.41) is 3.00. The lowest BCUT2D eigenvalue weighted by Gasteiger charge is -2.38. The van der Waals surface area contributed by atoms with Crippen LogP contribution in [0.4, 0.5) is 5.69 Å². The van der Waals surface area contributed by atoms with Gasteiger partial charge >= 0.3 is 0 Å². The van der Waals surface area contributed by atoms with Gasteiger partial charge in [-0.1, -0.05) is 12.1 Å². The van der Waals surface area contributed by atoms with Crippen molar-refractivity contribution in [2.75, 3.05) is 31.1 Å². The molecule has 0 aliphatic carbocycles. The van der Waals surface area contributed by atoms with E-state index in [1.54, 1.807) is 6.20 Å². The van der Waals surface area contributed by atoms with Crippen molar-refractivity contribution < 1.29 is 4.79 Å². The lowest BCUT2D eigenvalue weighted by Crippen LogP contribution is -2.53. The lowest BCUT2D eigenvalue weighted by molar-refractivity contribution is -0.126. The molecule has 0 bridgehead atoms. The number of benzene rings is 1. The number of anilines is 1. The zero-order chi connectivity index (χ0) is 18.5. The molecule has 1 amide bonds. The fourth-order valence-corrected chi connectivity index (χ4v) is 3.28. The fraction of sp³-hybridized carbons (Fsp3) is 0.429. The van der Waals surface area contributed by atoms with Gasteiger partial charge in [0.25, 0.3) is 0 Å². The van der Waals surface area contributed by atoms with Crippen molar-refractivity contribution in [2.45, 2.75) is 33.4 Å². The highest BCUT2D eigenvalue weighted by molar-refractivity contribution is 5.81. The molecule has 1 N–H and O–H groups in total. The van der Waals surface area contributed by atoms with Gasteiger partial charge in [-0.2, -0.15) is 0 Å². The number of amides is 1. The van der Waals surface area contributed by atoms with E-state index in [-0.39, 0.29) is 11.9 Å². The molecule has 5 heteroatoms. The third-order valence-corrected chi connectivity index (χ3v) is 5.27. The number of nitrogens with one attached hydrogen (secondary N) is 1. The minimum absolute atomic E-state index is 0.0651. The number of nitrogens with zero attached hydrogens (tertiary/aromatic N) is 3. The van der Waals surface area contributed by atoms with Crippen molar-refractivity contribution >= 4 is 11.6 Å². The molecule has 1 aliphatic heterocycles. The smallest absolute Gasteiger partial charge is 0.237 e. The first kappa shape index (κ1) is 18.4. The van der Waals surface area contributed by atoms with Gasteiger partial charge in [0.15, 0.2) is 0 Å². The molecule has 2 aromatic rings. The third-order valence-electron chi connectivity index (χ3n) is 5.27. The van der Waals surface area contributed by atoms with Gasteiger partial charge in [0.2, 0.25) is 5.91 Å². The number of rotatable bonds is 5. The summed E-state index contributed by atoms with van der Waals surface area (Å²) in [6.45, 7) is 10.4. The second kappa shape index (κ2) is 8.32. The van der Waals surface area contributed by atoms with Gasteiger partial charge in [0, 0.05) is 38.1 Å². The molecule has 0 spiro atoms. The molecule has 5 nitrogen and oxygen atoms in total. The number of hydrogen-bond donors (Lipinski definition) is 1. The monoisotopic (exact) mass is 352 g/mol. The van der Waals surface area contributed by atoms with Crippen molar-refractivity contribution in [2.24, 2.45) is 0 Å². The van der Waals surface area contributed by atoms with Crippen molar-refractivity contribution in [3.05, 3.63) is 59.4 Å². The van der Waals surface area contributed by atoms with Gasteiger partial charge in [0.1, 0.15) is 0 Å². The lowest BCUT2D eigenvalue weighted by atomic mass is 10.1. The number of carbonyl (C=O) groups is 1. The van der Waals surface area contributed by atoms with E-state index in [1.807, 2.05) is 25.1 Å². The van der Waals surface area contributed by atoms with E-state index in [0.29, 0.717) is 6.54 Å². The predicted molar refractivity (Wildman–Crippen MR) is 105 cm³/mol. The first-order valence-corrected chi connectivity index (χ1v) is 9.28. The molecule has 3 rings (SSSR count). The summed E-state index contributed by atoms with van der Waals surface area (Å²) in [5.74, 6) is 0.0651. The van der Waals surface area contributed by atoms with Gasteiger partial charge in [0.05, 0.1) is 18.3 Å². The van der Waals surface area contributed by atoms with E-state index < -0.39 is 0 Å². The van der Waals surface area contributed by atoms with Crippen LogP contribution in [0.5, 0.6) is 0 Å². The molecule has 1 fully saturated rings. The Bertz CT molecular complexity index is 739. The fourth-order valence-electron chi connectivity index (χ4n) is 3.28. The number of hydrogen-bond acceptors (Lipinski definition) is 4. The van der Waals surface area contributed by atoms with E-state index in [0.717, 1.165) is 31.9 Å². The quantitative estimate of drug-likeness (QED) is 0.898. The summed E-state index contributed by atoms with van der Waals surface area (Å²) >= 11 is 0. The van der Waals surface area contributed by atoms with Gasteiger partial charge in [-0.15, -0.1) is 0 Å². The highest BCUT2D eigenvalue weighted by atomic mass is 16.2. The number of piperazine rings is 1. The van der Waals surface area contributed by atoms with Crippen molar-refractivity contribution in [1.29, 1.82) is 0 Å². The van der Waals surface area contributed by atoms with Crippen LogP contribution in [0.15, 0.2) is 42.6 Å². The number of aromatic nitrogens is 1. The molecule has 138 valence electrons. The van der Waals surface area contributed by atoms with Crippen LogP contribution in [0.2, 0.25) is 0 Å². The van der Waals surface area contributed by atoms with Crippen LogP contribution in [0.25, 0.3) is 0 Å². The van der Waals surface area contributed by atoms with Crippen LogP contribution in [-0.4, -0.2) is 48.0 Å². The maximum atomic E-state index is 12.5. The molecular weight excluding hydrogens is 324 g/mol. The Morgan fingerprint density at radius 1 is 1.12 bits per heavy atom. The molecule has 26 heavy (non-hydrogen) atoms. The van der Waals surface area contributed by atoms with Crippen molar-refractivity contribution in [3.63, 3.8) is 0 Å². The largest absolute Gasteiger partial charge is 0.369 e. The van der Waals surface area contributed by atoms with Crippen molar-refractivity contribution in [1.82, 2.24) is 15.2 Å². The van der Waals surface area contributed by atoms with E-state index in [2.05, 4.69) is 52.1 Å². The SMILES string of the molecule is Cc1ccc(N2CCN(C(C)C(=O)NCc3ccccn3)CC2)cc1C. The van der Waals surface area contributed by atoms with E-state index in [9.17, 15) is 4.79 Å². The second-order valence-corrected chi connectivity index (χ2v) is 7.01. The number of aryl methyl sites for hydroxylation is 2. The Morgan fingerprint density at radius 3 is 2.54 bits per heavy atom. The van der Waals surface area contributed by atoms with Crippen LogP contribution in [0.3, 0.4) is 0 Å². The van der Waals surface area contributed by atoms with E-state index in [4.69, 9.17) is 0 Å². The van der Waals surface area contributed by atoms with Gasteiger partial charge < -0.3 is 10.2 Å². The highest BCUT2D eigenvalue weighted by Gasteiger charge is 2.25. The summed E-state index contributed by atoms with van der Waals surface area (Å²) in [7, 11) is 0. The molecule has 1 aliphatic rings. The summed E-state index contributed by atoms with van der Waals surface area (Å²) in [6, 6.07) is 12.3. The third kappa shape index (κ3) is 4.41. The van der Waals surface area contributed by atoms with Crippen molar-refractivity contribution in [3.8, 4) is 0 Å². The van der Waals surface area contributed by atoms with Crippen LogP contribution in [0.1, 0.15) is 23.7 Å². The molecule has 0 saturated carbocycles. The Hall–Kier alpha value is -2.40. The van der Waals surface area contributed by atoms with Crippen LogP contribution < -0.4 is 10.2 Å². The van der Waals surface area contributed by atoms with Crippen LogP contribution in [-0.2, 0) is 11.3 Å². The molecule has 1 aromatic heterocycles. The van der Waals surface area contributed by atoms with Gasteiger partial charge in [-0.3, -0.25) is 14.7 Å². The minimum Gasteiger partial charge on any atom is -0.369 e. The molecule has 1 aromatic carbocycles. The average Bonchev–Trinajstić information content (AvgIpc) is 2.68. The van der Waals surface area contributed by atoms with Crippen LogP contribution >= 0.6 is 0 Å². The number of pyridine rings is 1. The standard InChI is InChI=1S/C21H28N4O/c1-16-7-8-20(14-17(16)2)25-12-10-24(11-13-25)18(3)21(26)23-15-19-6-4-5-9-22-19/h4-9,14,18H,10-13,15H2,1-3H3,(H,23,26). The maximum absolute atomic E-state index is 12.5. The van der Waals surface area contributed by atoms with Gasteiger partial charge in [-0.05, 0) is 56.2 Å². The normalized spacial score (nSPS) is 16.3. The first-order chi connectivity index (χ1) is 12.5. The van der Waals surface area contributed by atoms with Gasteiger partial charge in [-0.25, -0.2) is 0 Å². The van der Waals surface area contributed by atoms with E-state index in [1.165, 1.54) is 16.8 Å². The zero-order valence-corrected chi connectivity index (χ0v) is 15.9. The van der Waals surface area contributed by atoms with Crippen LogP contribution in [0, 0.1) is 13.8 Å². The maximum Gasteiger partial charge on any atom is 0.237 e. The molecular formula is C21H28N4O. The predicted octanol–water partition coefficient (Wildman–Crippen LogP) is 2.53. The Balaban J connectivity index is 1.50. The highest BCUT2D eigenvalue weighted by Crippen LogP contribution is 2.20. The topological polar surface area (TPSA) is 48.5 Å².